The van der Waals surface area contributed by atoms with Gasteiger partial charge in [0.1, 0.15) is 5.69 Å². The molecule has 0 saturated heterocycles. The molecule has 0 fully saturated rings. The van der Waals surface area contributed by atoms with Gasteiger partial charge in [0.2, 0.25) is 0 Å². The Morgan fingerprint density at radius 3 is 2.60 bits per heavy atom. The predicted molar refractivity (Wildman–Crippen MR) is 78.8 cm³/mol. The van der Waals surface area contributed by atoms with Gasteiger partial charge in [-0.15, -0.1) is 5.10 Å². The van der Waals surface area contributed by atoms with E-state index >= 15 is 0 Å². The number of aromatic nitrogens is 3. The van der Waals surface area contributed by atoms with Gasteiger partial charge in [-0.3, -0.25) is 10.1 Å². The Bertz CT molecular complexity index is 675. The summed E-state index contributed by atoms with van der Waals surface area (Å²) in [6.45, 7) is 5.84. The van der Waals surface area contributed by atoms with Gasteiger partial charge in [-0.25, -0.2) is 4.68 Å². The number of nitro benzene ring substituents is 1. The summed E-state index contributed by atoms with van der Waals surface area (Å²) in [6, 6.07) is 4.76. The summed E-state index contributed by atoms with van der Waals surface area (Å²) >= 11 is 3.23. The summed E-state index contributed by atoms with van der Waals surface area (Å²) in [7, 11) is 0. The van der Waals surface area contributed by atoms with Crippen LogP contribution >= 0.6 is 15.9 Å². The maximum absolute atomic E-state index is 11.2. The van der Waals surface area contributed by atoms with Crippen molar-refractivity contribution in [3.8, 4) is 5.69 Å². The van der Waals surface area contributed by atoms with Crippen molar-refractivity contribution in [3.63, 3.8) is 0 Å². The molecule has 106 valence electrons. The Balaban J connectivity index is 2.73. The highest BCUT2D eigenvalue weighted by Crippen LogP contribution is 2.32. The van der Waals surface area contributed by atoms with E-state index in [-0.39, 0.29) is 16.9 Å². The van der Waals surface area contributed by atoms with Crippen molar-refractivity contribution < 1.29 is 4.92 Å². The highest BCUT2D eigenvalue weighted by atomic mass is 79.9. The first-order chi connectivity index (χ1) is 9.21. The van der Waals surface area contributed by atoms with Crippen LogP contribution in [0, 0.1) is 10.1 Å². The van der Waals surface area contributed by atoms with Crippen LogP contribution in [0.4, 0.5) is 11.5 Å². The van der Waals surface area contributed by atoms with E-state index in [9.17, 15) is 10.1 Å². The number of halogens is 1. The van der Waals surface area contributed by atoms with E-state index < -0.39 is 4.92 Å². The minimum absolute atomic E-state index is 0.0604. The van der Waals surface area contributed by atoms with Crippen LogP contribution in [-0.2, 0) is 5.41 Å². The van der Waals surface area contributed by atoms with Crippen LogP contribution < -0.4 is 5.73 Å². The normalized spacial score (nSPS) is 11.6. The lowest BCUT2D eigenvalue weighted by Gasteiger charge is -2.20. The van der Waals surface area contributed by atoms with E-state index in [0.29, 0.717) is 15.9 Å². The Labute approximate surface area is 124 Å². The fraction of sp³-hybridized carbons (Fsp3) is 0.333. The molecule has 0 aliphatic heterocycles. The molecule has 0 spiro atoms. The molecule has 0 radical (unpaired) electrons. The molecule has 0 unspecified atom stereocenters. The molecule has 1 aromatic heterocycles. The number of nitrogens with two attached hydrogens (primary N) is 1. The third-order valence-electron chi connectivity index (χ3n) is 2.77. The molecule has 7 nitrogen and oxygen atoms in total. The molecule has 2 aromatic rings. The van der Waals surface area contributed by atoms with Gasteiger partial charge in [-0.05, 0) is 12.1 Å². The zero-order valence-corrected chi connectivity index (χ0v) is 12.9. The molecule has 0 bridgehead atoms. The van der Waals surface area contributed by atoms with Crippen molar-refractivity contribution in [2.45, 2.75) is 26.2 Å². The molecule has 20 heavy (non-hydrogen) atoms. The van der Waals surface area contributed by atoms with Crippen LogP contribution in [0.5, 0.6) is 0 Å². The van der Waals surface area contributed by atoms with Crippen molar-refractivity contribution in [2.24, 2.45) is 0 Å². The summed E-state index contributed by atoms with van der Waals surface area (Å²) in [5.74, 6) is 0.273. The summed E-state index contributed by atoms with van der Waals surface area (Å²) in [6.07, 6.45) is 0. The van der Waals surface area contributed by atoms with Gasteiger partial charge in [-0.2, -0.15) is 0 Å². The van der Waals surface area contributed by atoms with Crippen LogP contribution in [0.2, 0.25) is 0 Å². The molecule has 0 atom stereocenters. The second-order valence-electron chi connectivity index (χ2n) is 5.38. The SMILES string of the molecule is CC(C)(C)c1c(N)nnn1-c1ccc(Br)cc1[N+](=O)[O-]. The fourth-order valence-corrected chi connectivity index (χ4v) is 2.33. The largest absolute Gasteiger partial charge is 0.381 e. The van der Waals surface area contributed by atoms with Crippen LogP contribution in [-0.4, -0.2) is 19.9 Å². The van der Waals surface area contributed by atoms with Crippen molar-refractivity contribution in [1.29, 1.82) is 0 Å². The summed E-state index contributed by atoms with van der Waals surface area (Å²) in [4.78, 5) is 10.8. The van der Waals surface area contributed by atoms with Crippen molar-refractivity contribution >= 4 is 27.4 Å². The van der Waals surface area contributed by atoms with Gasteiger partial charge < -0.3 is 5.73 Å². The third-order valence-corrected chi connectivity index (χ3v) is 3.26. The van der Waals surface area contributed by atoms with E-state index in [2.05, 4.69) is 26.2 Å². The molecular weight excluding hydrogens is 326 g/mol. The minimum Gasteiger partial charge on any atom is -0.381 e. The quantitative estimate of drug-likeness (QED) is 0.669. The maximum atomic E-state index is 11.2. The topological polar surface area (TPSA) is 99.9 Å². The number of nitro groups is 1. The van der Waals surface area contributed by atoms with E-state index in [0.717, 1.165) is 0 Å². The Hall–Kier alpha value is -1.96. The highest BCUT2D eigenvalue weighted by Gasteiger charge is 2.28. The summed E-state index contributed by atoms with van der Waals surface area (Å²) in [5.41, 5.74) is 6.43. The Morgan fingerprint density at radius 2 is 2.05 bits per heavy atom. The molecule has 0 aliphatic rings. The van der Waals surface area contributed by atoms with Gasteiger partial charge in [0.05, 0.1) is 10.6 Å². The van der Waals surface area contributed by atoms with Gasteiger partial charge in [-0.1, -0.05) is 41.9 Å². The zero-order valence-electron chi connectivity index (χ0n) is 11.3. The van der Waals surface area contributed by atoms with Crippen molar-refractivity contribution in [2.75, 3.05) is 5.73 Å². The zero-order chi connectivity index (χ0) is 15.1. The van der Waals surface area contributed by atoms with E-state index in [1.807, 2.05) is 20.8 Å². The first kappa shape index (κ1) is 14.4. The van der Waals surface area contributed by atoms with Crippen LogP contribution in [0.1, 0.15) is 26.5 Å². The predicted octanol–water partition coefficient (Wildman–Crippen LogP) is 2.82. The number of nitrogen functional groups attached to an aromatic ring is 1. The molecule has 0 amide bonds. The second-order valence-corrected chi connectivity index (χ2v) is 6.29. The molecule has 0 saturated carbocycles. The van der Waals surface area contributed by atoms with Gasteiger partial charge in [0.25, 0.3) is 5.69 Å². The number of hydrogen-bond acceptors (Lipinski definition) is 5. The summed E-state index contributed by atoms with van der Waals surface area (Å²) in [5, 5.41) is 19.0. The van der Waals surface area contributed by atoms with E-state index in [1.165, 1.54) is 10.7 Å². The van der Waals surface area contributed by atoms with Crippen LogP contribution in [0.25, 0.3) is 5.69 Å². The highest BCUT2D eigenvalue weighted by molar-refractivity contribution is 9.10. The fourth-order valence-electron chi connectivity index (χ4n) is 1.99. The lowest BCUT2D eigenvalue weighted by Crippen LogP contribution is -2.19. The molecule has 0 aliphatic carbocycles. The molecular formula is C12H14BrN5O2. The van der Waals surface area contributed by atoms with Gasteiger partial charge in [0.15, 0.2) is 5.82 Å². The minimum atomic E-state index is -0.454. The first-order valence-electron chi connectivity index (χ1n) is 5.88. The second kappa shape index (κ2) is 4.86. The molecule has 8 heteroatoms. The molecule has 2 N–H and O–H groups in total. The average Bonchev–Trinajstić information content (AvgIpc) is 2.70. The third kappa shape index (κ3) is 2.51. The lowest BCUT2D eigenvalue weighted by molar-refractivity contribution is -0.384. The van der Waals surface area contributed by atoms with Crippen molar-refractivity contribution in [3.05, 3.63) is 38.5 Å². The van der Waals surface area contributed by atoms with Crippen LogP contribution in [0.3, 0.4) is 0 Å². The lowest BCUT2D eigenvalue weighted by atomic mass is 9.91. The monoisotopic (exact) mass is 339 g/mol. The molecule has 1 heterocycles. The first-order valence-corrected chi connectivity index (χ1v) is 6.67. The van der Waals surface area contributed by atoms with E-state index in [4.69, 9.17) is 5.73 Å². The number of anilines is 1. The number of rotatable bonds is 2. The smallest absolute Gasteiger partial charge is 0.296 e. The molecule has 2 rings (SSSR count). The number of nitrogens with zero attached hydrogens (tertiary/aromatic N) is 4. The standard InChI is InChI=1S/C12H14BrN5O2/c1-12(2,3)10-11(14)15-16-17(10)8-5-4-7(13)6-9(8)18(19)20/h4-6H,14H2,1-3H3. The number of hydrogen-bond donors (Lipinski definition) is 1. The average molecular weight is 340 g/mol. The van der Waals surface area contributed by atoms with Gasteiger partial charge in [0, 0.05) is 16.0 Å². The number of benzene rings is 1. The molecule has 1 aromatic carbocycles. The van der Waals surface area contributed by atoms with Crippen LogP contribution in [0.15, 0.2) is 22.7 Å². The summed E-state index contributed by atoms with van der Waals surface area (Å²) < 4.78 is 2.05. The van der Waals surface area contributed by atoms with Gasteiger partial charge >= 0.3 is 0 Å². The van der Waals surface area contributed by atoms with Crippen molar-refractivity contribution in [1.82, 2.24) is 15.0 Å². The Kier molecular flexibility index (Phi) is 3.51. The Morgan fingerprint density at radius 1 is 1.40 bits per heavy atom. The van der Waals surface area contributed by atoms with E-state index in [1.54, 1.807) is 12.1 Å². The maximum Gasteiger partial charge on any atom is 0.296 e.